The van der Waals surface area contributed by atoms with E-state index in [0.717, 1.165) is 12.0 Å². The van der Waals surface area contributed by atoms with Gasteiger partial charge in [-0.2, -0.15) is 5.06 Å². The molecule has 8 atom stereocenters. The Labute approximate surface area is 238 Å². The zero-order valence-corrected chi connectivity index (χ0v) is 24.8. The Morgan fingerprint density at radius 3 is 2.58 bits per heavy atom. The van der Waals surface area contributed by atoms with Crippen molar-refractivity contribution in [2.24, 2.45) is 29.1 Å². The van der Waals surface area contributed by atoms with E-state index in [1.165, 1.54) is 6.42 Å². The molecular formula is C30H45BN2O7. The molecule has 6 rings (SSSR count). The topological polar surface area (TPSA) is 110 Å². The number of aliphatic hydroxyl groups excluding tert-OH is 2. The van der Waals surface area contributed by atoms with E-state index in [9.17, 15) is 15.0 Å². The van der Waals surface area contributed by atoms with Crippen molar-refractivity contribution in [1.29, 1.82) is 0 Å². The second kappa shape index (κ2) is 10.6. The summed E-state index contributed by atoms with van der Waals surface area (Å²) >= 11 is 0. The molecule has 3 aliphatic carbocycles. The highest BCUT2D eigenvalue weighted by Crippen LogP contribution is 2.61. The Kier molecular flexibility index (Phi) is 7.81. The molecule has 3 N–H and O–H groups in total. The van der Waals surface area contributed by atoms with Crippen LogP contribution in [0.4, 0.5) is 0 Å². The predicted octanol–water partition coefficient (Wildman–Crippen LogP) is 2.39. The summed E-state index contributed by atoms with van der Waals surface area (Å²) in [5.41, 5.74) is 1.13. The van der Waals surface area contributed by atoms with E-state index >= 15 is 0 Å². The number of fused-ring (bicyclic) bond motifs is 2. The van der Waals surface area contributed by atoms with Crippen molar-refractivity contribution < 1.29 is 33.9 Å². The van der Waals surface area contributed by atoms with E-state index in [1.807, 2.05) is 32.0 Å². The zero-order valence-electron chi connectivity index (χ0n) is 24.8. The molecule has 0 unspecified atom stereocenters. The fourth-order valence-corrected chi connectivity index (χ4v) is 7.57. The number of nitrogens with zero attached hydrogens (tertiary/aromatic N) is 1. The van der Waals surface area contributed by atoms with Crippen molar-refractivity contribution in [3.8, 4) is 5.75 Å². The Morgan fingerprint density at radius 1 is 1.30 bits per heavy atom. The monoisotopic (exact) mass is 556 g/mol. The molecule has 0 aromatic heterocycles. The van der Waals surface area contributed by atoms with Crippen molar-refractivity contribution >= 4 is 18.5 Å². The standard InChI is InChI=1S/C30H45BN2O7/c1-16-21-12-20(29(21,4)5)13-23(16)32-28(36)26-25(17(2)35)24(15-34)39-33(26)14-19-10-9-11-22(27(19)37-8)31-38-18(3)30(6,7)40-31/h9-11,16-17,20-21,23-26,34-35H,3,12-15H2,1-2,4-8H3,(H,32,36)/t16-,17-,20+,21-,23-,24-,25+,26-/m0/s1. The van der Waals surface area contributed by atoms with E-state index in [1.54, 1.807) is 19.1 Å². The summed E-state index contributed by atoms with van der Waals surface area (Å²) in [6, 6.07) is 4.94. The number of amides is 1. The normalized spacial score (nSPS) is 35.2. The van der Waals surface area contributed by atoms with Gasteiger partial charge in [0.25, 0.3) is 0 Å². The Morgan fingerprint density at radius 2 is 2.02 bits per heavy atom. The molecule has 1 aromatic carbocycles. The van der Waals surface area contributed by atoms with Gasteiger partial charge in [0.2, 0.25) is 5.91 Å². The van der Waals surface area contributed by atoms with Crippen LogP contribution in [-0.2, 0) is 25.5 Å². The van der Waals surface area contributed by atoms with E-state index in [0.29, 0.717) is 40.1 Å². The number of para-hydroxylation sites is 1. The lowest BCUT2D eigenvalue weighted by molar-refractivity contribution is -0.183. The number of hydrogen-bond acceptors (Lipinski definition) is 8. The second-order valence-electron chi connectivity index (χ2n) is 13.3. The number of ether oxygens (including phenoxy) is 1. The van der Waals surface area contributed by atoms with Crippen molar-refractivity contribution in [3.05, 3.63) is 36.1 Å². The van der Waals surface area contributed by atoms with Gasteiger partial charge in [-0.3, -0.25) is 9.63 Å². The van der Waals surface area contributed by atoms with Gasteiger partial charge in [0.15, 0.2) is 0 Å². The lowest BCUT2D eigenvalue weighted by Gasteiger charge is -2.62. The number of hydrogen-bond donors (Lipinski definition) is 3. The largest absolute Gasteiger partial charge is 0.567 e. The Bertz CT molecular complexity index is 1140. The highest BCUT2D eigenvalue weighted by molar-refractivity contribution is 6.63. The Balaban J connectivity index is 1.40. The number of carbonyl (C=O) groups is 1. The van der Waals surface area contributed by atoms with Gasteiger partial charge in [-0.05, 0) is 56.8 Å². The molecule has 0 radical (unpaired) electrons. The zero-order chi connectivity index (χ0) is 29.1. The van der Waals surface area contributed by atoms with Crippen LogP contribution in [-0.4, -0.2) is 71.9 Å². The van der Waals surface area contributed by atoms with Crippen molar-refractivity contribution in [2.45, 2.75) is 90.8 Å². The van der Waals surface area contributed by atoms with Gasteiger partial charge in [-0.1, -0.05) is 45.5 Å². The van der Waals surface area contributed by atoms with Crippen molar-refractivity contribution in [3.63, 3.8) is 0 Å². The van der Waals surface area contributed by atoms with Crippen molar-refractivity contribution in [2.75, 3.05) is 13.7 Å². The number of nitrogens with one attached hydrogen (secondary N) is 1. The Hall–Kier alpha value is -2.11. The van der Waals surface area contributed by atoms with E-state index in [-0.39, 0.29) is 25.1 Å². The third-order valence-electron chi connectivity index (χ3n) is 10.3. The molecule has 2 heterocycles. The van der Waals surface area contributed by atoms with Gasteiger partial charge < -0.3 is 29.6 Å². The van der Waals surface area contributed by atoms with E-state index in [4.69, 9.17) is 18.9 Å². The lowest BCUT2D eigenvalue weighted by atomic mass is 9.45. The average Bonchev–Trinajstić information content (AvgIpc) is 3.40. The van der Waals surface area contributed by atoms with Gasteiger partial charge >= 0.3 is 7.12 Å². The molecule has 3 saturated carbocycles. The molecule has 9 nitrogen and oxygen atoms in total. The maximum atomic E-state index is 14.0. The fourth-order valence-electron chi connectivity index (χ4n) is 7.57. The van der Waals surface area contributed by atoms with Crippen LogP contribution in [0.5, 0.6) is 5.75 Å². The summed E-state index contributed by atoms with van der Waals surface area (Å²) in [6.45, 7) is 16.2. The maximum Gasteiger partial charge on any atom is 0.567 e. The maximum absolute atomic E-state index is 14.0. The number of rotatable bonds is 8. The lowest BCUT2D eigenvalue weighted by Crippen LogP contribution is -2.62. The molecule has 220 valence electrons. The molecule has 0 spiro atoms. The quantitative estimate of drug-likeness (QED) is 0.419. The number of carbonyl (C=O) groups excluding carboxylic acids is 1. The smallest absolute Gasteiger partial charge is 0.534 e. The first-order valence-electron chi connectivity index (χ1n) is 14.5. The summed E-state index contributed by atoms with van der Waals surface area (Å²) in [5.74, 6) is 1.85. The predicted molar refractivity (Wildman–Crippen MR) is 151 cm³/mol. The molecule has 2 saturated heterocycles. The molecule has 1 amide bonds. The number of benzene rings is 1. The second-order valence-corrected chi connectivity index (χ2v) is 13.3. The van der Waals surface area contributed by atoms with Crippen molar-refractivity contribution in [1.82, 2.24) is 10.4 Å². The summed E-state index contributed by atoms with van der Waals surface area (Å²) in [5, 5.41) is 25.8. The first kappa shape index (κ1) is 29.4. The minimum absolute atomic E-state index is 0.0694. The summed E-state index contributed by atoms with van der Waals surface area (Å²) in [6.07, 6.45) is 0.588. The molecule has 10 heteroatoms. The highest BCUT2D eigenvalue weighted by Gasteiger charge is 2.57. The summed E-state index contributed by atoms with van der Waals surface area (Å²) in [4.78, 5) is 20.1. The fraction of sp³-hybridized carbons (Fsp3) is 0.700. The first-order chi connectivity index (χ1) is 18.8. The van der Waals surface area contributed by atoms with Crippen LogP contribution in [0, 0.1) is 29.1 Å². The van der Waals surface area contributed by atoms with Gasteiger partial charge in [-0.15, -0.1) is 0 Å². The third kappa shape index (κ3) is 4.85. The molecule has 40 heavy (non-hydrogen) atoms. The van der Waals surface area contributed by atoms with Crippen LogP contribution in [0.1, 0.15) is 59.9 Å². The molecule has 5 fully saturated rings. The number of aliphatic hydroxyl groups is 2. The van der Waals surface area contributed by atoms with Gasteiger partial charge in [0.05, 0.1) is 32.1 Å². The summed E-state index contributed by atoms with van der Waals surface area (Å²) in [7, 11) is 0.897. The molecular weight excluding hydrogens is 511 g/mol. The average molecular weight is 557 g/mol. The van der Waals surface area contributed by atoms with E-state index in [2.05, 4.69) is 32.7 Å². The minimum Gasteiger partial charge on any atom is -0.534 e. The van der Waals surface area contributed by atoms with Crippen LogP contribution in [0.3, 0.4) is 0 Å². The molecule has 2 aliphatic heterocycles. The van der Waals surface area contributed by atoms with Crippen LogP contribution in [0.15, 0.2) is 30.5 Å². The van der Waals surface area contributed by atoms with Crippen LogP contribution in [0.2, 0.25) is 0 Å². The van der Waals surface area contributed by atoms with E-state index < -0.39 is 36.9 Å². The van der Waals surface area contributed by atoms with Crippen LogP contribution in [0.25, 0.3) is 0 Å². The van der Waals surface area contributed by atoms with Gasteiger partial charge in [0, 0.05) is 23.0 Å². The number of methoxy groups -OCH3 is 1. The molecule has 2 bridgehead atoms. The van der Waals surface area contributed by atoms with Gasteiger partial charge in [-0.25, -0.2) is 0 Å². The minimum atomic E-state index is -0.865. The first-order valence-corrected chi connectivity index (χ1v) is 14.5. The van der Waals surface area contributed by atoms with Gasteiger partial charge in [0.1, 0.15) is 23.5 Å². The SMILES string of the molecule is C=C1OB(c2cccc(CN3O[C@@H](CO)[C@@H]([C@H](C)O)[C@H]3C(=O)N[C@H]3C[C@H]4C[C@@H]([C@@H]3C)C4(C)C)c2OC)OC1(C)C. The summed E-state index contributed by atoms with van der Waals surface area (Å²) < 4.78 is 17.8. The third-order valence-corrected chi connectivity index (χ3v) is 10.3. The highest BCUT2D eigenvalue weighted by atomic mass is 16.7. The molecule has 1 aromatic rings. The molecule has 5 aliphatic rings. The van der Waals surface area contributed by atoms with Crippen LogP contribution >= 0.6 is 0 Å². The van der Waals surface area contributed by atoms with Crippen LogP contribution < -0.4 is 15.5 Å². The number of hydroxylamine groups is 2.